The lowest BCUT2D eigenvalue weighted by molar-refractivity contribution is 0.306. The van der Waals surface area contributed by atoms with E-state index in [2.05, 4.69) is 54.4 Å². The molecular formula is C27H32N4O. The highest BCUT2D eigenvalue weighted by atomic mass is 16.5. The van der Waals surface area contributed by atoms with Gasteiger partial charge >= 0.3 is 0 Å². The topological polar surface area (TPSA) is 68.9 Å². The number of aromatic amines is 1. The highest BCUT2D eigenvalue weighted by molar-refractivity contribution is 5.86. The van der Waals surface area contributed by atoms with Crippen molar-refractivity contribution >= 4 is 10.9 Å². The van der Waals surface area contributed by atoms with Crippen molar-refractivity contribution in [3.05, 3.63) is 83.3 Å². The van der Waals surface area contributed by atoms with Crippen LogP contribution in [0, 0.1) is 5.92 Å². The summed E-state index contributed by atoms with van der Waals surface area (Å²) in [5, 5.41) is 5.73. The van der Waals surface area contributed by atoms with Crippen LogP contribution in [0.2, 0.25) is 0 Å². The normalized spacial score (nSPS) is 18.2. The van der Waals surface area contributed by atoms with Crippen LogP contribution in [-0.4, -0.2) is 14.8 Å². The molecule has 1 aliphatic rings. The van der Waals surface area contributed by atoms with Crippen molar-refractivity contribution in [3.8, 4) is 5.75 Å². The molecule has 3 N–H and O–H groups in total. The van der Waals surface area contributed by atoms with Gasteiger partial charge in [-0.15, -0.1) is 0 Å². The zero-order valence-electron chi connectivity index (χ0n) is 18.9. The minimum absolute atomic E-state index is 0.0585. The first kappa shape index (κ1) is 20.8. The standard InChI is InChI=1S/C27H32N4O/c1-18(2)31-16-21(15-29-31)9-8-20-12-24-23-14-22(32-17-19-6-4-3-5-7-19)10-11-26(23)30-27(24)25(28)13-20/h3-7,10-11,14-16,18,20,25,30H,8-9,12-13,17,28H2,1-2H3. The summed E-state index contributed by atoms with van der Waals surface area (Å²) in [5.74, 6) is 1.48. The highest BCUT2D eigenvalue weighted by Crippen LogP contribution is 2.39. The fourth-order valence-electron chi connectivity index (χ4n) is 4.84. The lowest BCUT2D eigenvalue weighted by atomic mass is 9.81. The number of hydrogen-bond acceptors (Lipinski definition) is 3. The van der Waals surface area contributed by atoms with Crippen molar-refractivity contribution in [1.82, 2.24) is 14.8 Å². The van der Waals surface area contributed by atoms with E-state index < -0.39 is 0 Å². The Bertz CT molecular complexity index is 1190. The van der Waals surface area contributed by atoms with Crippen molar-refractivity contribution in [2.45, 2.75) is 58.2 Å². The first-order valence-electron chi connectivity index (χ1n) is 11.7. The molecular weight excluding hydrogens is 396 g/mol. The Hall–Kier alpha value is -3.05. The molecule has 5 nitrogen and oxygen atoms in total. The summed E-state index contributed by atoms with van der Waals surface area (Å²) in [7, 11) is 0. The average Bonchev–Trinajstić information content (AvgIpc) is 3.42. The second-order valence-electron chi connectivity index (χ2n) is 9.37. The molecule has 2 unspecified atom stereocenters. The first-order chi connectivity index (χ1) is 15.6. The van der Waals surface area contributed by atoms with Crippen LogP contribution < -0.4 is 10.5 Å². The van der Waals surface area contributed by atoms with Gasteiger partial charge in [0.2, 0.25) is 0 Å². The lowest BCUT2D eigenvalue weighted by Gasteiger charge is -2.27. The van der Waals surface area contributed by atoms with Gasteiger partial charge in [0.25, 0.3) is 0 Å². The minimum atomic E-state index is 0.0585. The lowest BCUT2D eigenvalue weighted by Crippen LogP contribution is -2.24. The van der Waals surface area contributed by atoms with Gasteiger partial charge in [-0.3, -0.25) is 4.68 Å². The minimum Gasteiger partial charge on any atom is -0.489 e. The zero-order chi connectivity index (χ0) is 22.1. The van der Waals surface area contributed by atoms with Crippen LogP contribution in [0.1, 0.15) is 61.2 Å². The molecule has 32 heavy (non-hydrogen) atoms. The van der Waals surface area contributed by atoms with E-state index in [1.807, 2.05) is 35.1 Å². The van der Waals surface area contributed by atoms with Crippen molar-refractivity contribution in [2.24, 2.45) is 11.7 Å². The number of aryl methyl sites for hydroxylation is 1. The quantitative estimate of drug-likeness (QED) is 0.396. The Kier molecular flexibility index (Phi) is 5.75. The number of rotatable bonds is 7. The summed E-state index contributed by atoms with van der Waals surface area (Å²) in [6.45, 7) is 4.89. The predicted molar refractivity (Wildman–Crippen MR) is 129 cm³/mol. The fourth-order valence-corrected chi connectivity index (χ4v) is 4.84. The molecule has 2 aromatic heterocycles. The maximum Gasteiger partial charge on any atom is 0.120 e. The van der Waals surface area contributed by atoms with Gasteiger partial charge in [-0.1, -0.05) is 30.3 Å². The second-order valence-corrected chi connectivity index (χ2v) is 9.37. The molecule has 0 spiro atoms. The second kappa shape index (κ2) is 8.83. The maximum atomic E-state index is 6.61. The Morgan fingerprint density at radius 3 is 2.78 bits per heavy atom. The van der Waals surface area contributed by atoms with Gasteiger partial charge in [0.1, 0.15) is 12.4 Å². The molecule has 0 aliphatic heterocycles. The number of fused-ring (bicyclic) bond motifs is 3. The Labute approximate surface area is 189 Å². The van der Waals surface area contributed by atoms with E-state index in [4.69, 9.17) is 10.5 Å². The van der Waals surface area contributed by atoms with Crippen LogP contribution in [-0.2, 0) is 19.4 Å². The number of aromatic nitrogens is 3. The van der Waals surface area contributed by atoms with Gasteiger partial charge < -0.3 is 15.5 Å². The molecule has 166 valence electrons. The van der Waals surface area contributed by atoms with Crippen molar-refractivity contribution in [1.29, 1.82) is 0 Å². The summed E-state index contributed by atoms with van der Waals surface area (Å²) in [5.41, 5.74) is 12.8. The SMILES string of the molecule is CC(C)n1cc(CCC2Cc3c([nH]c4ccc(OCc5ccccc5)cc34)C(N)C2)cn1. The molecule has 1 aliphatic carbocycles. The van der Waals surface area contributed by atoms with E-state index in [9.17, 15) is 0 Å². The van der Waals surface area contributed by atoms with Crippen LogP contribution in [0.5, 0.6) is 5.75 Å². The third-order valence-electron chi connectivity index (χ3n) is 6.64. The summed E-state index contributed by atoms with van der Waals surface area (Å²) in [6, 6.07) is 17.1. The largest absolute Gasteiger partial charge is 0.489 e. The number of ether oxygens (including phenoxy) is 1. The number of hydrogen-bond donors (Lipinski definition) is 2. The van der Waals surface area contributed by atoms with Gasteiger partial charge in [-0.05, 0) is 80.3 Å². The smallest absolute Gasteiger partial charge is 0.120 e. The van der Waals surface area contributed by atoms with E-state index in [0.29, 0.717) is 18.6 Å². The number of nitrogens with zero attached hydrogens (tertiary/aromatic N) is 2. The Balaban J connectivity index is 1.31. The van der Waals surface area contributed by atoms with E-state index in [1.54, 1.807) is 0 Å². The van der Waals surface area contributed by atoms with Gasteiger partial charge in [0, 0.05) is 34.9 Å². The molecule has 0 saturated heterocycles. The van der Waals surface area contributed by atoms with Crippen molar-refractivity contribution in [2.75, 3.05) is 0 Å². The first-order valence-corrected chi connectivity index (χ1v) is 11.7. The summed E-state index contributed by atoms with van der Waals surface area (Å²) in [6.07, 6.45) is 8.46. The monoisotopic (exact) mass is 428 g/mol. The van der Waals surface area contributed by atoms with Crippen LogP contribution in [0.25, 0.3) is 10.9 Å². The highest BCUT2D eigenvalue weighted by Gasteiger charge is 2.28. The Morgan fingerprint density at radius 2 is 2.00 bits per heavy atom. The molecule has 0 bridgehead atoms. The molecule has 0 amide bonds. The fraction of sp³-hybridized carbons (Fsp3) is 0.370. The van der Waals surface area contributed by atoms with Crippen LogP contribution in [0.3, 0.4) is 0 Å². The molecule has 5 rings (SSSR count). The molecule has 2 aromatic carbocycles. The number of H-pyrrole nitrogens is 1. The van der Waals surface area contributed by atoms with E-state index in [0.717, 1.165) is 36.9 Å². The number of nitrogens with one attached hydrogen (secondary N) is 1. The van der Waals surface area contributed by atoms with Crippen LogP contribution >= 0.6 is 0 Å². The molecule has 5 heteroatoms. The van der Waals surface area contributed by atoms with Gasteiger partial charge in [0.15, 0.2) is 0 Å². The summed E-state index contributed by atoms with van der Waals surface area (Å²) >= 11 is 0. The molecule has 0 fully saturated rings. The third kappa shape index (κ3) is 4.30. The molecule has 4 aromatic rings. The van der Waals surface area contributed by atoms with Crippen LogP contribution in [0.4, 0.5) is 0 Å². The third-order valence-corrected chi connectivity index (χ3v) is 6.64. The molecule has 0 radical (unpaired) electrons. The van der Waals surface area contributed by atoms with E-state index >= 15 is 0 Å². The summed E-state index contributed by atoms with van der Waals surface area (Å²) < 4.78 is 8.13. The van der Waals surface area contributed by atoms with Gasteiger partial charge in [-0.2, -0.15) is 5.10 Å². The maximum absolute atomic E-state index is 6.61. The molecule has 2 atom stereocenters. The Morgan fingerprint density at radius 1 is 1.16 bits per heavy atom. The molecule has 2 heterocycles. The van der Waals surface area contributed by atoms with Crippen molar-refractivity contribution in [3.63, 3.8) is 0 Å². The van der Waals surface area contributed by atoms with Gasteiger partial charge in [0.05, 0.1) is 6.20 Å². The van der Waals surface area contributed by atoms with Crippen molar-refractivity contribution < 1.29 is 4.74 Å². The van der Waals surface area contributed by atoms with E-state index in [1.165, 1.54) is 27.8 Å². The average molecular weight is 429 g/mol. The predicted octanol–water partition coefficient (Wildman–Crippen LogP) is 5.72. The zero-order valence-corrected chi connectivity index (χ0v) is 18.9. The number of benzene rings is 2. The van der Waals surface area contributed by atoms with Gasteiger partial charge in [-0.25, -0.2) is 0 Å². The molecule has 0 saturated carbocycles. The van der Waals surface area contributed by atoms with Crippen LogP contribution in [0.15, 0.2) is 60.9 Å². The van der Waals surface area contributed by atoms with E-state index in [-0.39, 0.29) is 6.04 Å². The summed E-state index contributed by atoms with van der Waals surface area (Å²) in [4.78, 5) is 3.58. The number of nitrogens with two attached hydrogens (primary N) is 1.